The summed E-state index contributed by atoms with van der Waals surface area (Å²) < 4.78 is 16.6. The maximum atomic E-state index is 12.2. The standard InChI is InChI=1S/C22H43N5O4/c1-5-23-20(25-10-7-16-30-19-8-17-29-18-19)24-9-6-11-26-12-14-27(15-13-26)21(28)31-22(2,3)4/h19H,5-18H2,1-4H3,(H2,23,24,25). The number of rotatable bonds is 10. The molecule has 9 heteroatoms. The summed E-state index contributed by atoms with van der Waals surface area (Å²) in [5.74, 6) is 0.862. The van der Waals surface area contributed by atoms with Crippen LogP contribution in [0.5, 0.6) is 0 Å². The molecule has 2 aliphatic heterocycles. The number of nitrogens with zero attached hydrogens (tertiary/aromatic N) is 3. The normalized spacial score (nSPS) is 20.7. The number of amides is 1. The second kappa shape index (κ2) is 13.8. The minimum Gasteiger partial charge on any atom is -0.444 e. The number of nitrogens with one attached hydrogen (secondary N) is 2. The summed E-state index contributed by atoms with van der Waals surface area (Å²) in [7, 11) is 0. The largest absolute Gasteiger partial charge is 0.444 e. The van der Waals surface area contributed by atoms with Gasteiger partial charge in [0.05, 0.1) is 12.7 Å². The molecule has 0 aromatic carbocycles. The molecule has 31 heavy (non-hydrogen) atoms. The van der Waals surface area contributed by atoms with Crippen LogP contribution in [0, 0.1) is 0 Å². The molecule has 2 N–H and O–H groups in total. The third-order valence-corrected chi connectivity index (χ3v) is 5.13. The van der Waals surface area contributed by atoms with Crippen LogP contribution in [0.25, 0.3) is 0 Å². The Bertz CT molecular complexity index is 539. The predicted molar refractivity (Wildman–Crippen MR) is 123 cm³/mol. The smallest absolute Gasteiger partial charge is 0.410 e. The Hall–Kier alpha value is -1.58. The Kier molecular flexibility index (Phi) is 11.4. The number of piperazine rings is 1. The molecule has 0 aromatic rings. The fraction of sp³-hybridized carbons (Fsp3) is 0.909. The average Bonchev–Trinajstić information content (AvgIpc) is 3.23. The molecule has 1 unspecified atom stereocenters. The van der Waals surface area contributed by atoms with Gasteiger partial charge in [0.2, 0.25) is 0 Å². The van der Waals surface area contributed by atoms with Crippen molar-refractivity contribution >= 4 is 12.1 Å². The second-order valence-corrected chi connectivity index (χ2v) is 9.06. The van der Waals surface area contributed by atoms with Crippen LogP contribution >= 0.6 is 0 Å². The van der Waals surface area contributed by atoms with Crippen molar-refractivity contribution in [1.82, 2.24) is 20.4 Å². The Morgan fingerprint density at radius 3 is 2.58 bits per heavy atom. The fourth-order valence-corrected chi connectivity index (χ4v) is 3.48. The van der Waals surface area contributed by atoms with Crippen LogP contribution < -0.4 is 10.6 Å². The van der Waals surface area contributed by atoms with E-state index in [9.17, 15) is 4.79 Å². The van der Waals surface area contributed by atoms with Gasteiger partial charge in [0.25, 0.3) is 0 Å². The first-order valence-corrected chi connectivity index (χ1v) is 11.8. The Morgan fingerprint density at radius 1 is 1.16 bits per heavy atom. The van der Waals surface area contributed by atoms with E-state index >= 15 is 0 Å². The van der Waals surface area contributed by atoms with Gasteiger partial charge in [0, 0.05) is 59.0 Å². The van der Waals surface area contributed by atoms with Crippen molar-refractivity contribution in [2.45, 2.75) is 58.7 Å². The van der Waals surface area contributed by atoms with Gasteiger partial charge in [-0.1, -0.05) is 0 Å². The number of ether oxygens (including phenoxy) is 3. The molecule has 0 saturated carbocycles. The van der Waals surface area contributed by atoms with Gasteiger partial charge in [-0.25, -0.2) is 4.79 Å². The lowest BCUT2D eigenvalue weighted by Gasteiger charge is -2.35. The molecule has 0 spiro atoms. The summed E-state index contributed by atoms with van der Waals surface area (Å²) >= 11 is 0. The van der Waals surface area contributed by atoms with E-state index in [1.807, 2.05) is 20.8 Å². The first-order valence-electron chi connectivity index (χ1n) is 11.8. The molecule has 1 atom stereocenters. The molecule has 1 amide bonds. The van der Waals surface area contributed by atoms with E-state index in [2.05, 4.69) is 27.4 Å². The van der Waals surface area contributed by atoms with Crippen molar-refractivity contribution in [3.63, 3.8) is 0 Å². The van der Waals surface area contributed by atoms with Crippen molar-refractivity contribution in [3.05, 3.63) is 0 Å². The lowest BCUT2D eigenvalue weighted by atomic mass is 10.2. The van der Waals surface area contributed by atoms with Gasteiger partial charge in [-0.05, 0) is 53.5 Å². The van der Waals surface area contributed by atoms with Gasteiger partial charge >= 0.3 is 6.09 Å². The van der Waals surface area contributed by atoms with Gasteiger partial charge in [-0.15, -0.1) is 0 Å². The fourth-order valence-electron chi connectivity index (χ4n) is 3.48. The number of aliphatic imine (C=N–C) groups is 1. The summed E-state index contributed by atoms with van der Waals surface area (Å²) in [5, 5.41) is 6.71. The number of carbonyl (C=O) groups is 1. The number of guanidine groups is 1. The van der Waals surface area contributed by atoms with Gasteiger partial charge in [0.15, 0.2) is 5.96 Å². The number of carbonyl (C=O) groups excluding carboxylic acids is 1. The minimum atomic E-state index is -0.441. The van der Waals surface area contributed by atoms with Crippen LogP contribution in [-0.2, 0) is 14.2 Å². The van der Waals surface area contributed by atoms with E-state index in [-0.39, 0.29) is 12.2 Å². The first kappa shape index (κ1) is 25.7. The summed E-state index contributed by atoms with van der Waals surface area (Å²) in [6, 6.07) is 0. The molecule has 0 radical (unpaired) electrons. The Balaban J connectivity index is 1.55. The highest BCUT2D eigenvalue weighted by Crippen LogP contribution is 2.12. The minimum absolute atomic E-state index is 0.206. The molecule has 0 aromatic heterocycles. The lowest BCUT2D eigenvalue weighted by Crippen LogP contribution is -2.50. The molecule has 2 aliphatic rings. The molecule has 0 bridgehead atoms. The average molecular weight is 442 g/mol. The number of hydrogen-bond donors (Lipinski definition) is 2. The molecule has 2 heterocycles. The molecular weight excluding hydrogens is 398 g/mol. The summed E-state index contributed by atoms with van der Waals surface area (Å²) in [5.41, 5.74) is -0.441. The van der Waals surface area contributed by atoms with Crippen LogP contribution in [0.4, 0.5) is 4.79 Å². The molecule has 2 saturated heterocycles. The molecule has 2 fully saturated rings. The van der Waals surface area contributed by atoms with Gasteiger partial charge in [-0.3, -0.25) is 9.89 Å². The SMILES string of the molecule is CCNC(=NCCCOC1CCOC1)NCCCN1CCN(C(=O)OC(C)(C)C)CC1. The second-order valence-electron chi connectivity index (χ2n) is 9.06. The zero-order valence-corrected chi connectivity index (χ0v) is 20.0. The summed E-state index contributed by atoms with van der Waals surface area (Å²) in [6.07, 6.45) is 3.00. The van der Waals surface area contributed by atoms with Crippen LogP contribution in [0.15, 0.2) is 4.99 Å². The van der Waals surface area contributed by atoms with Crippen molar-refractivity contribution in [1.29, 1.82) is 0 Å². The monoisotopic (exact) mass is 441 g/mol. The maximum absolute atomic E-state index is 12.2. The highest BCUT2D eigenvalue weighted by molar-refractivity contribution is 5.79. The van der Waals surface area contributed by atoms with Crippen molar-refractivity contribution in [2.75, 3.05) is 72.2 Å². The van der Waals surface area contributed by atoms with Crippen LogP contribution in [-0.4, -0.2) is 106 Å². The van der Waals surface area contributed by atoms with Crippen molar-refractivity contribution < 1.29 is 19.0 Å². The van der Waals surface area contributed by atoms with Crippen molar-refractivity contribution in [2.24, 2.45) is 4.99 Å². The van der Waals surface area contributed by atoms with E-state index in [0.717, 1.165) is 97.4 Å². The first-order chi connectivity index (χ1) is 14.9. The lowest BCUT2D eigenvalue weighted by molar-refractivity contribution is 0.0145. The molecule has 180 valence electrons. The third kappa shape index (κ3) is 11.0. The zero-order chi connectivity index (χ0) is 22.5. The highest BCUT2D eigenvalue weighted by Gasteiger charge is 2.25. The summed E-state index contributed by atoms with van der Waals surface area (Å²) in [4.78, 5) is 21.0. The molecular formula is C22H43N5O4. The van der Waals surface area contributed by atoms with Crippen LogP contribution in [0.3, 0.4) is 0 Å². The summed E-state index contributed by atoms with van der Waals surface area (Å²) in [6.45, 7) is 16.7. The quantitative estimate of drug-likeness (QED) is 0.303. The predicted octanol–water partition coefficient (Wildman–Crippen LogP) is 1.68. The van der Waals surface area contributed by atoms with Gasteiger partial charge in [0.1, 0.15) is 5.60 Å². The van der Waals surface area contributed by atoms with E-state index in [1.54, 1.807) is 4.90 Å². The van der Waals surface area contributed by atoms with Crippen molar-refractivity contribution in [3.8, 4) is 0 Å². The molecule has 0 aliphatic carbocycles. The molecule has 9 nitrogen and oxygen atoms in total. The van der Waals surface area contributed by atoms with E-state index in [4.69, 9.17) is 14.2 Å². The van der Waals surface area contributed by atoms with Crippen LogP contribution in [0.2, 0.25) is 0 Å². The van der Waals surface area contributed by atoms with Gasteiger partial charge in [-0.2, -0.15) is 0 Å². The number of hydrogen-bond acceptors (Lipinski definition) is 6. The van der Waals surface area contributed by atoms with E-state index in [0.29, 0.717) is 0 Å². The van der Waals surface area contributed by atoms with E-state index < -0.39 is 5.60 Å². The van der Waals surface area contributed by atoms with Gasteiger partial charge < -0.3 is 29.7 Å². The maximum Gasteiger partial charge on any atom is 0.410 e. The molecule has 2 rings (SSSR count). The third-order valence-electron chi connectivity index (χ3n) is 5.13. The van der Waals surface area contributed by atoms with E-state index in [1.165, 1.54) is 0 Å². The van der Waals surface area contributed by atoms with Crippen LogP contribution in [0.1, 0.15) is 47.0 Å². The topological polar surface area (TPSA) is 87.7 Å². The Morgan fingerprint density at radius 2 is 1.94 bits per heavy atom. The Labute approximate surface area is 187 Å². The zero-order valence-electron chi connectivity index (χ0n) is 20.0. The highest BCUT2D eigenvalue weighted by atomic mass is 16.6.